The molecule has 0 aliphatic carbocycles. The molecule has 0 saturated carbocycles. The van der Waals surface area contributed by atoms with Crippen LogP contribution in [0.2, 0.25) is 0 Å². The van der Waals surface area contributed by atoms with Crippen LogP contribution in [0.5, 0.6) is 0 Å². The molecule has 3 heteroatoms. The molecule has 0 bridgehead atoms. The van der Waals surface area contributed by atoms with Gasteiger partial charge in [0.05, 0.1) is 0 Å². The van der Waals surface area contributed by atoms with E-state index >= 15 is 0 Å². The molecule has 0 radical (unpaired) electrons. The van der Waals surface area contributed by atoms with Gasteiger partial charge in [-0.25, -0.2) is 0 Å². The lowest BCUT2D eigenvalue weighted by molar-refractivity contribution is 0.585. The number of thiophene rings is 2. The SMILES string of the molecule is Cc1ccc(C(C)NCCc2ccsc2)s1. The number of hydrogen-bond acceptors (Lipinski definition) is 3. The Hall–Kier alpha value is -0.640. The van der Waals surface area contributed by atoms with Gasteiger partial charge in [0.1, 0.15) is 0 Å². The van der Waals surface area contributed by atoms with E-state index in [1.54, 1.807) is 11.3 Å². The molecule has 2 aromatic heterocycles. The maximum absolute atomic E-state index is 3.57. The van der Waals surface area contributed by atoms with Crippen molar-refractivity contribution in [1.29, 1.82) is 0 Å². The maximum Gasteiger partial charge on any atom is 0.0386 e. The van der Waals surface area contributed by atoms with Crippen molar-refractivity contribution in [3.05, 3.63) is 44.3 Å². The van der Waals surface area contributed by atoms with Gasteiger partial charge in [0.25, 0.3) is 0 Å². The Bertz CT molecular complexity index is 417. The first-order valence-electron chi connectivity index (χ1n) is 5.56. The fraction of sp³-hybridized carbons (Fsp3) is 0.385. The molecule has 1 nitrogen and oxygen atoms in total. The van der Waals surface area contributed by atoms with Crippen LogP contribution in [0.3, 0.4) is 0 Å². The normalized spacial score (nSPS) is 12.9. The average molecular weight is 251 g/mol. The van der Waals surface area contributed by atoms with Crippen LogP contribution in [-0.4, -0.2) is 6.54 Å². The van der Waals surface area contributed by atoms with E-state index < -0.39 is 0 Å². The molecule has 0 spiro atoms. The zero-order chi connectivity index (χ0) is 11.4. The van der Waals surface area contributed by atoms with Crippen molar-refractivity contribution in [3.63, 3.8) is 0 Å². The minimum absolute atomic E-state index is 0.470. The van der Waals surface area contributed by atoms with Crippen molar-refractivity contribution in [1.82, 2.24) is 5.32 Å². The van der Waals surface area contributed by atoms with Gasteiger partial charge in [0.15, 0.2) is 0 Å². The average Bonchev–Trinajstić information content (AvgIpc) is 2.89. The van der Waals surface area contributed by atoms with E-state index in [0.717, 1.165) is 13.0 Å². The van der Waals surface area contributed by atoms with E-state index in [-0.39, 0.29) is 0 Å². The van der Waals surface area contributed by atoms with E-state index in [0.29, 0.717) is 6.04 Å². The number of hydrogen-bond donors (Lipinski definition) is 1. The summed E-state index contributed by atoms with van der Waals surface area (Å²) < 4.78 is 0. The summed E-state index contributed by atoms with van der Waals surface area (Å²) in [4.78, 5) is 2.82. The van der Waals surface area contributed by atoms with Crippen LogP contribution in [0.4, 0.5) is 0 Å². The molecule has 2 rings (SSSR count). The van der Waals surface area contributed by atoms with Crippen LogP contribution in [0, 0.1) is 6.92 Å². The van der Waals surface area contributed by atoms with E-state index in [1.807, 2.05) is 11.3 Å². The predicted octanol–water partition coefficient (Wildman–Crippen LogP) is 4.01. The van der Waals surface area contributed by atoms with E-state index in [9.17, 15) is 0 Å². The molecule has 0 amide bonds. The Balaban J connectivity index is 1.78. The lowest BCUT2D eigenvalue weighted by Gasteiger charge is -2.11. The molecule has 16 heavy (non-hydrogen) atoms. The first kappa shape index (κ1) is 11.8. The van der Waals surface area contributed by atoms with E-state index in [4.69, 9.17) is 0 Å². The van der Waals surface area contributed by atoms with Gasteiger partial charge in [-0.3, -0.25) is 0 Å². The third-order valence-electron chi connectivity index (χ3n) is 2.63. The van der Waals surface area contributed by atoms with Crippen molar-refractivity contribution in [2.24, 2.45) is 0 Å². The highest BCUT2D eigenvalue weighted by Crippen LogP contribution is 2.22. The Morgan fingerprint density at radius 2 is 2.19 bits per heavy atom. The van der Waals surface area contributed by atoms with Crippen molar-refractivity contribution in [2.75, 3.05) is 6.54 Å². The van der Waals surface area contributed by atoms with Crippen molar-refractivity contribution in [3.8, 4) is 0 Å². The molecule has 1 atom stereocenters. The minimum Gasteiger partial charge on any atom is -0.309 e. The predicted molar refractivity (Wildman–Crippen MR) is 73.5 cm³/mol. The third kappa shape index (κ3) is 3.17. The number of aryl methyl sites for hydroxylation is 1. The van der Waals surface area contributed by atoms with E-state index in [2.05, 4.69) is 48.1 Å². The summed E-state index contributed by atoms with van der Waals surface area (Å²) in [5.74, 6) is 0. The summed E-state index contributed by atoms with van der Waals surface area (Å²) in [6.07, 6.45) is 1.12. The minimum atomic E-state index is 0.470. The summed E-state index contributed by atoms with van der Waals surface area (Å²) in [6.45, 7) is 5.44. The second kappa shape index (κ2) is 5.62. The van der Waals surface area contributed by atoms with Crippen LogP contribution in [0.15, 0.2) is 29.0 Å². The molecular formula is C13H17NS2. The Morgan fingerprint density at radius 3 is 2.81 bits per heavy atom. The monoisotopic (exact) mass is 251 g/mol. The highest BCUT2D eigenvalue weighted by atomic mass is 32.1. The van der Waals surface area contributed by atoms with Crippen LogP contribution >= 0.6 is 22.7 Å². The molecule has 0 aromatic carbocycles. The van der Waals surface area contributed by atoms with E-state index in [1.165, 1.54) is 15.3 Å². The van der Waals surface area contributed by atoms with Gasteiger partial charge in [-0.05, 0) is 61.3 Å². The van der Waals surface area contributed by atoms with Gasteiger partial charge in [-0.15, -0.1) is 11.3 Å². The Morgan fingerprint density at radius 1 is 1.31 bits per heavy atom. The highest BCUT2D eigenvalue weighted by molar-refractivity contribution is 7.12. The van der Waals surface area contributed by atoms with Crippen molar-refractivity contribution < 1.29 is 0 Å². The smallest absolute Gasteiger partial charge is 0.0386 e. The second-order valence-corrected chi connectivity index (χ2v) is 6.11. The molecule has 2 aromatic rings. The van der Waals surface area contributed by atoms with Gasteiger partial charge in [-0.2, -0.15) is 11.3 Å². The molecular weight excluding hydrogens is 234 g/mol. The summed E-state index contributed by atoms with van der Waals surface area (Å²) >= 11 is 3.66. The molecule has 0 fully saturated rings. The fourth-order valence-corrected chi connectivity index (χ4v) is 3.26. The zero-order valence-corrected chi connectivity index (χ0v) is 11.3. The maximum atomic E-state index is 3.57. The molecule has 86 valence electrons. The largest absolute Gasteiger partial charge is 0.309 e. The van der Waals surface area contributed by atoms with Crippen LogP contribution < -0.4 is 5.32 Å². The zero-order valence-electron chi connectivity index (χ0n) is 9.69. The topological polar surface area (TPSA) is 12.0 Å². The molecule has 0 aliphatic heterocycles. The summed E-state index contributed by atoms with van der Waals surface area (Å²) in [7, 11) is 0. The fourth-order valence-electron chi connectivity index (χ4n) is 1.65. The second-order valence-electron chi connectivity index (χ2n) is 4.01. The lowest BCUT2D eigenvalue weighted by Crippen LogP contribution is -2.20. The quantitative estimate of drug-likeness (QED) is 0.846. The molecule has 1 unspecified atom stereocenters. The Kier molecular flexibility index (Phi) is 4.16. The molecule has 2 heterocycles. The third-order valence-corrected chi connectivity index (χ3v) is 4.55. The standard InChI is InChI=1S/C13H17NS2/c1-10-3-4-13(16-10)11(2)14-7-5-12-6-8-15-9-12/h3-4,6,8-9,11,14H,5,7H2,1-2H3. The van der Waals surface area contributed by atoms with Crippen molar-refractivity contribution in [2.45, 2.75) is 26.3 Å². The van der Waals surface area contributed by atoms with Crippen molar-refractivity contribution >= 4 is 22.7 Å². The van der Waals surface area contributed by atoms with Crippen LogP contribution in [0.25, 0.3) is 0 Å². The van der Waals surface area contributed by atoms with Gasteiger partial charge >= 0.3 is 0 Å². The number of nitrogens with one attached hydrogen (secondary N) is 1. The summed E-state index contributed by atoms with van der Waals surface area (Å²) in [5, 5.41) is 7.93. The molecule has 1 N–H and O–H groups in total. The summed E-state index contributed by atoms with van der Waals surface area (Å²) in [6, 6.07) is 7.09. The van der Waals surface area contributed by atoms with Gasteiger partial charge in [0, 0.05) is 15.8 Å². The lowest BCUT2D eigenvalue weighted by atomic mass is 10.2. The first-order chi connectivity index (χ1) is 7.75. The van der Waals surface area contributed by atoms with Gasteiger partial charge < -0.3 is 5.32 Å². The van der Waals surface area contributed by atoms with Crippen LogP contribution in [0.1, 0.15) is 28.3 Å². The number of rotatable bonds is 5. The Labute approximate surface area is 105 Å². The highest BCUT2D eigenvalue weighted by Gasteiger charge is 2.06. The van der Waals surface area contributed by atoms with Gasteiger partial charge in [-0.1, -0.05) is 0 Å². The van der Waals surface area contributed by atoms with Gasteiger partial charge in [0.2, 0.25) is 0 Å². The summed E-state index contributed by atoms with van der Waals surface area (Å²) in [5.41, 5.74) is 1.44. The van der Waals surface area contributed by atoms with Crippen LogP contribution in [-0.2, 0) is 6.42 Å². The first-order valence-corrected chi connectivity index (χ1v) is 7.32. The molecule has 0 aliphatic rings. The molecule has 0 saturated heterocycles.